The van der Waals surface area contributed by atoms with E-state index in [1.54, 1.807) is 6.20 Å². The van der Waals surface area contributed by atoms with Gasteiger partial charge in [0.05, 0.1) is 11.7 Å². The Kier molecular flexibility index (Phi) is 5.40. The van der Waals surface area contributed by atoms with Gasteiger partial charge in [-0.1, -0.05) is 6.92 Å². The van der Waals surface area contributed by atoms with Gasteiger partial charge in [-0.15, -0.1) is 0 Å². The summed E-state index contributed by atoms with van der Waals surface area (Å²) in [6.45, 7) is 6.23. The second kappa shape index (κ2) is 7.70. The van der Waals surface area contributed by atoms with E-state index in [4.69, 9.17) is 4.74 Å². The Bertz CT molecular complexity index is 669. The molecule has 0 aromatic carbocycles. The van der Waals surface area contributed by atoms with Crippen LogP contribution in [0.25, 0.3) is 0 Å². The second-order valence-electron chi connectivity index (χ2n) is 5.98. The van der Waals surface area contributed by atoms with Crippen molar-refractivity contribution in [3.63, 3.8) is 0 Å². The normalized spacial score (nSPS) is 17.0. The monoisotopic (exact) mass is 333 g/mol. The molecule has 0 saturated carbocycles. The molecule has 24 heavy (non-hydrogen) atoms. The first-order valence-corrected chi connectivity index (χ1v) is 8.59. The Hall–Kier alpha value is -2.02. The molecule has 7 heteroatoms. The largest absolute Gasteiger partial charge is 0.381 e. The van der Waals surface area contributed by atoms with Gasteiger partial charge in [-0.3, -0.25) is 0 Å². The molecule has 1 unspecified atom stereocenters. The number of ether oxygens (including phenoxy) is 1. The fraction of sp³-hybridized carbons (Fsp3) is 0.588. The molecule has 1 aliphatic heterocycles. The highest BCUT2D eigenvalue weighted by Gasteiger charge is 2.30. The molecule has 0 bridgehead atoms. The summed E-state index contributed by atoms with van der Waals surface area (Å²) in [5.41, 5.74) is 0.428. The molecule has 1 N–H and O–H groups in total. The molecule has 6 nitrogen and oxygen atoms in total. The molecule has 2 aromatic rings. The number of aromatic nitrogens is 4. The van der Waals surface area contributed by atoms with E-state index in [2.05, 4.69) is 31.8 Å². The number of imidazole rings is 1. The van der Waals surface area contributed by atoms with E-state index in [0.717, 1.165) is 38.4 Å². The lowest BCUT2D eigenvalue weighted by Gasteiger charge is -2.31. The molecule has 1 aliphatic rings. The average molecular weight is 333 g/mol. The lowest BCUT2D eigenvalue weighted by molar-refractivity contribution is 0.0593. The van der Waals surface area contributed by atoms with E-state index in [1.165, 1.54) is 6.33 Å². The summed E-state index contributed by atoms with van der Waals surface area (Å²) in [5.74, 6) is 1.13. The zero-order valence-electron chi connectivity index (χ0n) is 14.2. The number of halogens is 1. The Labute approximate surface area is 141 Å². The number of hydrogen-bond acceptors (Lipinski definition) is 5. The van der Waals surface area contributed by atoms with Crippen molar-refractivity contribution >= 4 is 5.82 Å². The SMILES string of the molecule is CCc1ncnc(NC(c2nccn2CC)C2CCOCC2)c1F. The smallest absolute Gasteiger partial charge is 0.186 e. The van der Waals surface area contributed by atoms with Gasteiger partial charge in [-0.2, -0.15) is 0 Å². The highest BCUT2D eigenvalue weighted by molar-refractivity contribution is 5.39. The Morgan fingerprint density at radius 1 is 1.29 bits per heavy atom. The number of anilines is 1. The summed E-state index contributed by atoms with van der Waals surface area (Å²) in [4.78, 5) is 12.7. The molecule has 0 aliphatic carbocycles. The summed E-state index contributed by atoms with van der Waals surface area (Å²) in [5, 5.41) is 3.30. The van der Waals surface area contributed by atoms with Crippen LogP contribution in [0.2, 0.25) is 0 Å². The van der Waals surface area contributed by atoms with E-state index in [9.17, 15) is 4.39 Å². The van der Waals surface area contributed by atoms with Crippen molar-refractivity contribution in [3.05, 3.63) is 36.1 Å². The Morgan fingerprint density at radius 3 is 2.79 bits per heavy atom. The number of hydrogen-bond donors (Lipinski definition) is 1. The maximum Gasteiger partial charge on any atom is 0.186 e. The van der Waals surface area contributed by atoms with Crippen molar-refractivity contribution in [2.75, 3.05) is 18.5 Å². The van der Waals surface area contributed by atoms with Gasteiger partial charge >= 0.3 is 0 Å². The Morgan fingerprint density at radius 2 is 2.08 bits per heavy atom. The fourth-order valence-electron chi connectivity index (χ4n) is 3.21. The van der Waals surface area contributed by atoms with E-state index >= 15 is 0 Å². The molecule has 0 radical (unpaired) electrons. The van der Waals surface area contributed by atoms with Crippen LogP contribution in [0.3, 0.4) is 0 Å². The van der Waals surface area contributed by atoms with Crippen LogP contribution in [0.1, 0.15) is 44.2 Å². The van der Waals surface area contributed by atoms with Gasteiger partial charge in [0.1, 0.15) is 12.2 Å². The molecule has 2 aromatic heterocycles. The maximum atomic E-state index is 14.6. The minimum Gasteiger partial charge on any atom is -0.381 e. The third kappa shape index (κ3) is 3.40. The number of rotatable bonds is 6. The van der Waals surface area contributed by atoms with E-state index in [0.29, 0.717) is 18.0 Å². The van der Waals surface area contributed by atoms with Crippen molar-refractivity contribution in [1.82, 2.24) is 19.5 Å². The van der Waals surface area contributed by atoms with Crippen molar-refractivity contribution in [2.24, 2.45) is 5.92 Å². The fourth-order valence-corrected chi connectivity index (χ4v) is 3.21. The third-order valence-corrected chi connectivity index (χ3v) is 4.59. The van der Waals surface area contributed by atoms with Crippen molar-refractivity contribution in [1.29, 1.82) is 0 Å². The van der Waals surface area contributed by atoms with Crippen LogP contribution in [0.4, 0.5) is 10.2 Å². The summed E-state index contributed by atoms with van der Waals surface area (Å²) >= 11 is 0. The van der Waals surface area contributed by atoms with Gasteiger partial charge < -0.3 is 14.6 Å². The topological polar surface area (TPSA) is 64.9 Å². The van der Waals surface area contributed by atoms with Crippen molar-refractivity contribution in [3.8, 4) is 0 Å². The lowest BCUT2D eigenvalue weighted by atomic mass is 9.91. The first-order valence-electron chi connectivity index (χ1n) is 8.59. The predicted octanol–water partition coefficient (Wildman–Crippen LogP) is 2.97. The van der Waals surface area contributed by atoms with Crippen LogP contribution in [0.15, 0.2) is 18.7 Å². The van der Waals surface area contributed by atoms with Crippen LogP contribution in [0.5, 0.6) is 0 Å². The average Bonchev–Trinajstić information content (AvgIpc) is 3.10. The predicted molar refractivity (Wildman–Crippen MR) is 89.2 cm³/mol. The van der Waals surface area contributed by atoms with E-state index < -0.39 is 0 Å². The third-order valence-electron chi connectivity index (χ3n) is 4.59. The van der Waals surface area contributed by atoms with Crippen LogP contribution in [-0.2, 0) is 17.7 Å². The molecule has 1 atom stereocenters. The lowest BCUT2D eigenvalue weighted by Crippen LogP contribution is -2.30. The minimum absolute atomic E-state index is 0.0991. The first kappa shape index (κ1) is 16.8. The first-order chi connectivity index (χ1) is 11.7. The number of nitrogens with zero attached hydrogens (tertiary/aromatic N) is 4. The zero-order chi connectivity index (χ0) is 16.9. The van der Waals surface area contributed by atoms with Crippen LogP contribution >= 0.6 is 0 Å². The van der Waals surface area contributed by atoms with E-state index in [-0.39, 0.29) is 17.7 Å². The summed E-state index contributed by atoms with van der Waals surface area (Å²) < 4.78 is 22.2. The number of nitrogens with one attached hydrogen (secondary N) is 1. The highest BCUT2D eigenvalue weighted by atomic mass is 19.1. The second-order valence-corrected chi connectivity index (χ2v) is 5.98. The van der Waals surface area contributed by atoms with Crippen LogP contribution < -0.4 is 5.32 Å². The summed E-state index contributed by atoms with van der Waals surface area (Å²) in [6, 6.07) is -0.0991. The molecule has 1 fully saturated rings. The molecule has 1 saturated heterocycles. The molecular weight excluding hydrogens is 309 g/mol. The molecule has 3 heterocycles. The van der Waals surface area contributed by atoms with Crippen LogP contribution in [-0.4, -0.2) is 32.7 Å². The van der Waals surface area contributed by atoms with Gasteiger partial charge in [0.25, 0.3) is 0 Å². The summed E-state index contributed by atoms with van der Waals surface area (Å²) in [7, 11) is 0. The quantitative estimate of drug-likeness (QED) is 0.880. The number of aryl methyl sites for hydroxylation is 2. The van der Waals surface area contributed by atoms with Gasteiger partial charge in [-0.25, -0.2) is 19.3 Å². The van der Waals surface area contributed by atoms with Gasteiger partial charge in [0, 0.05) is 32.2 Å². The molecule has 3 rings (SSSR count). The molecule has 130 valence electrons. The van der Waals surface area contributed by atoms with Gasteiger partial charge in [0.15, 0.2) is 11.6 Å². The molecule has 0 spiro atoms. The van der Waals surface area contributed by atoms with E-state index in [1.807, 2.05) is 13.1 Å². The zero-order valence-corrected chi connectivity index (χ0v) is 14.2. The standard InChI is InChI=1S/C17H24FN5O/c1-3-13-14(18)16(21-11-20-13)22-15(12-5-9-24-10-6-12)17-19-7-8-23(17)4-2/h7-8,11-12,15H,3-6,9-10H2,1-2H3,(H,20,21,22). The molecular formula is C17H24FN5O. The Balaban J connectivity index is 1.93. The summed E-state index contributed by atoms with van der Waals surface area (Å²) in [6.07, 6.45) is 7.53. The van der Waals surface area contributed by atoms with Crippen LogP contribution in [0, 0.1) is 11.7 Å². The maximum absolute atomic E-state index is 14.6. The molecule has 0 amide bonds. The minimum atomic E-state index is -0.369. The highest BCUT2D eigenvalue weighted by Crippen LogP contribution is 2.32. The van der Waals surface area contributed by atoms with Crippen molar-refractivity contribution in [2.45, 2.75) is 45.7 Å². The van der Waals surface area contributed by atoms with Crippen molar-refractivity contribution < 1.29 is 9.13 Å². The van der Waals surface area contributed by atoms with Gasteiger partial charge in [-0.05, 0) is 32.1 Å². The van der Waals surface area contributed by atoms with Gasteiger partial charge in [0.2, 0.25) is 0 Å².